The van der Waals surface area contributed by atoms with Gasteiger partial charge in [0.25, 0.3) is 0 Å². The van der Waals surface area contributed by atoms with E-state index in [-0.39, 0.29) is 18.4 Å². The first-order valence-corrected chi connectivity index (χ1v) is 12.9. The van der Waals surface area contributed by atoms with Crippen molar-refractivity contribution < 1.29 is 19.1 Å². The van der Waals surface area contributed by atoms with Gasteiger partial charge in [0.2, 0.25) is 11.8 Å². The van der Waals surface area contributed by atoms with Crippen LogP contribution in [0.2, 0.25) is 0 Å². The number of anilines is 1. The van der Waals surface area contributed by atoms with E-state index in [1.165, 1.54) is 12.0 Å². The standard InChI is InChI=1S/C30H35N5O4/c1-7-30(3,4)31-29(37)28(22-13-9-8-12-20(22)2)35(21-16-17-25(38-5)26(18-21)39-6)27(36)19-34-24-15-11-10-14-23(24)32-33-34/h8-18,28H,7,19H2,1-6H3,(H,31,37)/t28-/m0/s1. The molecule has 0 saturated heterocycles. The third-order valence-electron chi connectivity index (χ3n) is 6.95. The molecule has 0 aliphatic rings. The minimum absolute atomic E-state index is 0.123. The highest BCUT2D eigenvalue weighted by atomic mass is 16.5. The lowest BCUT2D eigenvalue weighted by atomic mass is 9.95. The van der Waals surface area contributed by atoms with Gasteiger partial charge in [-0.2, -0.15) is 0 Å². The van der Waals surface area contributed by atoms with Gasteiger partial charge in [-0.25, -0.2) is 4.68 Å². The van der Waals surface area contributed by atoms with Gasteiger partial charge in [-0.05, 0) is 62.6 Å². The van der Waals surface area contributed by atoms with Crippen molar-refractivity contribution in [3.63, 3.8) is 0 Å². The first-order valence-electron chi connectivity index (χ1n) is 12.9. The zero-order valence-corrected chi connectivity index (χ0v) is 23.3. The van der Waals surface area contributed by atoms with Gasteiger partial charge in [0.05, 0.1) is 19.7 Å². The van der Waals surface area contributed by atoms with Crippen molar-refractivity contribution >= 4 is 28.5 Å². The summed E-state index contributed by atoms with van der Waals surface area (Å²) < 4.78 is 12.5. The maximum atomic E-state index is 14.3. The summed E-state index contributed by atoms with van der Waals surface area (Å²) in [5, 5.41) is 11.6. The quantitative estimate of drug-likeness (QED) is 0.316. The summed E-state index contributed by atoms with van der Waals surface area (Å²) in [5.74, 6) is 0.329. The minimum atomic E-state index is -0.961. The molecule has 9 heteroatoms. The van der Waals surface area contributed by atoms with Gasteiger partial charge in [0.15, 0.2) is 11.5 Å². The number of ether oxygens (including phenoxy) is 2. The highest BCUT2D eigenvalue weighted by Gasteiger charge is 2.36. The van der Waals surface area contributed by atoms with Gasteiger partial charge in [0, 0.05) is 17.3 Å². The molecule has 0 saturated carbocycles. The molecule has 4 aromatic rings. The van der Waals surface area contributed by atoms with E-state index >= 15 is 0 Å². The summed E-state index contributed by atoms with van der Waals surface area (Å²) in [6.45, 7) is 7.74. The van der Waals surface area contributed by atoms with E-state index in [0.29, 0.717) is 34.7 Å². The van der Waals surface area contributed by atoms with Crippen LogP contribution in [0.4, 0.5) is 5.69 Å². The van der Waals surface area contributed by atoms with E-state index in [9.17, 15) is 9.59 Å². The predicted octanol–water partition coefficient (Wildman–Crippen LogP) is 4.84. The molecule has 39 heavy (non-hydrogen) atoms. The van der Waals surface area contributed by atoms with Crippen LogP contribution in [0.5, 0.6) is 11.5 Å². The second-order valence-electron chi connectivity index (χ2n) is 10.0. The SMILES string of the molecule is CCC(C)(C)NC(=O)[C@H](c1ccccc1C)N(C(=O)Cn1nnc2ccccc21)c1ccc(OC)c(OC)c1. The van der Waals surface area contributed by atoms with E-state index < -0.39 is 11.6 Å². The van der Waals surface area contributed by atoms with E-state index in [0.717, 1.165) is 11.1 Å². The molecule has 0 spiro atoms. The Hall–Kier alpha value is -4.40. The van der Waals surface area contributed by atoms with Crippen LogP contribution in [0.3, 0.4) is 0 Å². The van der Waals surface area contributed by atoms with Gasteiger partial charge >= 0.3 is 0 Å². The van der Waals surface area contributed by atoms with Crippen LogP contribution in [0.15, 0.2) is 66.7 Å². The normalized spacial score (nSPS) is 12.2. The Labute approximate surface area is 228 Å². The van der Waals surface area contributed by atoms with Crippen molar-refractivity contribution in [2.75, 3.05) is 19.1 Å². The van der Waals surface area contributed by atoms with E-state index in [4.69, 9.17) is 9.47 Å². The van der Waals surface area contributed by atoms with Crippen LogP contribution < -0.4 is 19.7 Å². The van der Waals surface area contributed by atoms with Crippen molar-refractivity contribution in [2.45, 2.75) is 52.2 Å². The molecular weight excluding hydrogens is 494 g/mol. The van der Waals surface area contributed by atoms with Gasteiger partial charge < -0.3 is 14.8 Å². The predicted molar refractivity (Wildman–Crippen MR) is 151 cm³/mol. The molecule has 1 N–H and O–H groups in total. The molecule has 3 aromatic carbocycles. The van der Waals surface area contributed by atoms with Gasteiger partial charge in [-0.15, -0.1) is 5.10 Å². The van der Waals surface area contributed by atoms with E-state index in [2.05, 4.69) is 15.6 Å². The van der Waals surface area contributed by atoms with Crippen LogP contribution in [0, 0.1) is 6.92 Å². The third-order valence-corrected chi connectivity index (χ3v) is 6.95. The number of para-hydroxylation sites is 1. The Morgan fingerprint density at radius 3 is 2.38 bits per heavy atom. The Bertz CT molecular complexity index is 1480. The third kappa shape index (κ3) is 5.87. The molecule has 2 amide bonds. The van der Waals surface area contributed by atoms with Crippen LogP contribution >= 0.6 is 0 Å². The fraction of sp³-hybridized carbons (Fsp3) is 0.333. The first-order chi connectivity index (χ1) is 18.7. The molecule has 0 aliphatic heterocycles. The Kier molecular flexibility index (Phi) is 8.18. The molecule has 1 atom stereocenters. The molecule has 0 bridgehead atoms. The van der Waals surface area contributed by atoms with E-state index in [1.807, 2.05) is 76.2 Å². The van der Waals surface area contributed by atoms with Gasteiger partial charge in [-0.1, -0.05) is 48.5 Å². The number of hydrogen-bond acceptors (Lipinski definition) is 6. The fourth-order valence-electron chi connectivity index (χ4n) is 4.43. The number of carbonyl (C=O) groups is 2. The lowest BCUT2D eigenvalue weighted by Gasteiger charge is -2.35. The minimum Gasteiger partial charge on any atom is -0.493 e. The molecule has 1 aromatic heterocycles. The van der Waals surface area contributed by atoms with Crippen molar-refractivity contribution in [1.82, 2.24) is 20.3 Å². The highest BCUT2D eigenvalue weighted by Crippen LogP contribution is 2.36. The average molecular weight is 530 g/mol. The monoisotopic (exact) mass is 529 g/mol. The van der Waals surface area contributed by atoms with Gasteiger partial charge in [-0.3, -0.25) is 14.5 Å². The zero-order chi connectivity index (χ0) is 28.2. The Morgan fingerprint density at radius 2 is 1.69 bits per heavy atom. The number of nitrogens with zero attached hydrogens (tertiary/aromatic N) is 4. The summed E-state index contributed by atoms with van der Waals surface area (Å²) >= 11 is 0. The summed E-state index contributed by atoms with van der Waals surface area (Å²) in [5.41, 5.74) is 3.01. The van der Waals surface area contributed by atoms with Crippen molar-refractivity contribution in [2.24, 2.45) is 0 Å². The van der Waals surface area contributed by atoms with Crippen molar-refractivity contribution in [3.05, 3.63) is 77.9 Å². The molecule has 0 fully saturated rings. The van der Waals surface area contributed by atoms with Crippen LogP contribution in [-0.4, -0.2) is 46.6 Å². The molecular formula is C30H35N5O4. The Morgan fingerprint density at radius 1 is 1.00 bits per heavy atom. The first kappa shape index (κ1) is 27.6. The number of nitrogens with one attached hydrogen (secondary N) is 1. The Balaban J connectivity index is 1.88. The number of amides is 2. The molecule has 0 unspecified atom stereocenters. The van der Waals surface area contributed by atoms with E-state index in [1.54, 1.807) is 30.0 Å². The molecule has 0 radical (unpaired) electrons. The average Bonchev–Trinajstić information content (AvgIpc) is 3.34. The molecule has 1 heterocycles. The number of fused-ring (bicyclic) bond motifs is 1. The maximum Gasteiger partial charge on any atom is 0.249 e. The summed E-state index contributed by atoms with van der Waals surface area (Å²) in [7, 11) is 3.08. The second kappa shape index (κ2) is 11.6. The topological polar surface area (TPSA) is 98.6 Å². The van der Waals surface area contributed by atoms with Crippen LogP contribution in [-0.2, 0) is 16.1 Å². The molecule has 0 aliphatic carbocycles. The summed E-state index contributed by atoms with van der Waals surface area (Å²) in [6, 6.07) is 19.3. The fourth-order valence-corrected chi connectivity index (χ4v) is 4.43. The number of hydrogen-bond donors (Lipinski definition) is 1. The summed E-state index contributed by atoms with van der Waals surface area (Å²) in [6.07, 6.45) is 0.717. The zero-order valence-electron chi connectivity index (χ0n) is 23.3. The van der Waals surface area contributed by atoms with Crippen LogP contribution in [0.25, 0.3) is 11.0 Å². The largest absolute Gasteiger partial charge is 0.493 e. The molecule has 204 valence electrons. The molecule has 9 nitrogen and oxygen atoms in total. The number of aromatic nitrogens is 3. The molecule has 4 rings (SSSR count). The highest BCUT2D eigenvalue weighted by molar-refractivity contribution is 6.02. The van der Waals surface area contributed by atoms with Crippen molar-refractivity contribution in [3.8, 4) is 11.5 Å². The number of carbonyl (C=O) groups excluding carboxylic acids is 2. The number of benzene rings is 3. The summed E-state index contributed by atoms with van der Waals surface area (Å²) in [4.78, 5) is 29.9. The van der Waals surface area contributed by atoms with Gasteiger partial charge in [0.1, 0.15) is 18.1 Å². The second-order valence-corrected chi connectivity index (χ2v) is 10.0. The number of rotatable bonds is 10. The lowest BCUT2D eigenvalue weighted by Crippen LogP contribution is -2.51. The number of methoxy groups -OCH3 is 2. The maximum absolute atomic E-state index is 14.3. The number of aryl methyl sites for hydroxylation is 1. The smallest absolute Gasteiger partial charge is 0.249 e. The lowest BCUT2D eigenvalue weighted by molar-refractivity contribution is -0.128. The van der Waals surface area contributed by atoms with Crippen LogP contribution in [0.1, 0.15) is 44.4 Å². The van der Waals surface area contributed by atoms with Crippen molar-refractivity contribution in [1.29, 1.82) is 0 Å².